The van der Waals surface area contributed by atoms with Crippen LogP contribution in [0, 0.1) is 0 Å². The van der Waals surface area contributed by atoms with Gasteiger partial charge < -0.3 is 5.32 Å². The van der Waals surface area contributed by atoms with Crippen molar-refractivity contribution in [3.63, 3.8) is 0 Å². The van der Waals surface area contributed by atoms with Crippen LogP contribution in [-0.4, -0.2) is 26.4 Å². The molecule has 32 heavy (non-hydrogen) atoms. The fraction of sp³-hybridized carbons (Fsp3) is 0.192. The highest BCUT2D eigenvalue weighted by Gasteiger charge is 2.13. The molecule has 0 saturated carbocycles. The number of hydrogen-bond acceptors (Lipinski definition) is 4. The Hall–Kier alpha value is -3.38. The molecule has 2 aromatic carbocycles. The van der Waals surface area contributed by atoms with Crippen LogP contribution in [0.5, 0.6) is 0 Å². The van der Waals surface area contributed by atoms with E-state index in [-0.39, 0.29) is 5.91 Å². The van der Waals surface area contributed by atoms with Gasteiger partial charge in [-0.15, -0.1) is 0 Å². The van der Waals surface area contributed by atoms with E-state index < -0.39 is 0 Å². The molecular formula is C26H26N4OS. The Bertz CT molecular complexity index is 1110. The second-order valence-corrected chi connectivity index (χ2v) is 8.56. The first kappa shape index (κ1) is 21.8. The van der Waals surface area contributed by atoms with E-state index in [2.05, 4.69) is 34.6 Å². The van der Waals surface area contributed by atoms with Gasteiger partial charge in [-0.3, -0.25) is 14.5 Å². The zero-order valence-electron chi connectivity index (χ0n) is 17.9. The zero-order chi connectivity index (χ0) is 22.0. The van der Waals surface area contributed by atoms with Crippen LogP contribution < -0.4 is 5.32 Å². The molecule has 0 spiro atoms. The Morgan fingerprint density at radius 2 is 1.69 bits per heavy atom. The highest BCUT2D eigenvalue weighted by Crippen LogP contribution is 2.22. The van der Waals surface area contributed by atoms with Gasteiger partial charge >= 0.3 is 0 Å². The first-order valence-electron chi connectivity index (χ1n) is 10.7. The number of hydrogen-bond donors (Lipinski definition) is 1. The normalized spacial score (nSPS) is 10.8. The minimum atomic E-state index is 0.0494. The lowest BCUT2D eigenvalue weighted by Gasteiger charge is -2.06. The predicted molar refractivity (Wildman–Crippen MR) is 130 cm³/mol. The first-order valence-corrected chi connectivity index (χ1v) is 11.8. The van der Waals surface area contributed by atoms with E-state index in [0.717, 1.165) is 34.0 Å². The number of nitrogens with one attached hydrogen (secondary N) is 1. The standard InChI is InChI=1S/C26H26N4OS/c31-25(14-16-32-20-24-13-7-8-15-27-24)28-17-23-19-30(18-21-9-3-1-4-10-21)29-26(23)22-11-5-2-6-12-22/h1-13,15,19H,14,16-18,20H2,(H,28,31). The number of amides is 1. The topological polar surface area (TPSA) is 59.8 Å². The lowest BCUT2D eigenvalue weighted by molar-refractivity contribution is -0.120. The van der Waals surface area contributed by atoms with Gasteiger partial charge in [-0.05, 0) is 17.7 Å². The van der Waals surface area contributed by atoms with Crippen LogP contribution in [0.1, 0.15) is 23.2 Å². The third kappa shape index (κ3) is 6.31. The maximum Gasteiger partial charge on any atom is 0.221 e. The summed E-state index contributed by atoms with van der Waals surface area (Å²) in [4.78, 5) is 16.7. The third-order valence-corrected chi connectivity index (χ3v) is 5.99. The van der Waals surface area contributed by atoms with Crippen molar-refractivity contribution in [1.29, 1.82) is 0 Å². The number of aromatic nitrogens is 3. The molecule has 162 valence electrons. The molecule has 0 aliphatic heterocycles. The van der Waals surface area contributed by atoms with Crippen molar-refractivity contribution in [2.24, 2.45) is 0 Å². The van der Waals surface area contributed by atoms with Crippen LogP contribution in [0.25, 0.3) is 11.3 Å². The Balaban J connectivity index is 1.35. The lowest BCUT2D eigenvalue weighted by Crippen LogP contribution is -2.23. The lowest BCUT2D eigenvalue weighted by atomic mass is 10.1. The molecule has 0 bridgehead atoms. The van der Waals surface area contributed by atoms with Crippen molar-refractivity contribution in [3.8, 4) is 11.3 Å². The van der Waals surface area contributed by atoms with Gasteiger partial charge in [0, 0.05) is 48.0 Å². The molecule has 0 aliphatic carbocycles. The summed E-state index contributed by atoms with van der Waals surface area (Å²) >= 11 is 1.72. The second-order valence-electron chi connectivity index (χ2n) is 7.45. The van der Waals surface area contributed by atoms with E-state index in [1.807, 2.05) is 65.5 Å². The molecule has 2 aromatic heterocycles. The molecule has 0 atom stereocenters. The molecule has 1 amide bonds. The van der Waals surface area contributed by atoms with Gasteiger partial charge in [0.25, 0.3) is 0 Å². The number of carbonyl (C=O) groups is 1. The summed E-state index contributed by atoms with van der Waals surface area (Å²) in [5.41, 5.74) is 5.20. The average molecular weight is 443 g/mol. The minimum absolute atomic E-state index is 0.0494. The van der Waals surface area contributed by atoms with Gasteiger partial charge in [0.2, 0.25) is 5.91 Å². The van der Waals surface area contributed by atoms with Crippen LogP contribution in [-0.2, 0) is 23.6 Å². The van der Waals surface area contributed by atoms with Gasteiger partial charge in [0.05, 0.1) is 17.9 Å². The molecule has 5 nitrogen and oxygen atoms in total. The van der Waals surface area contributed by atoms with Crippen LogP contribution in [0.3, 0.4) is 0 Å². The zero-order valence-corrected chi connectivity index (χ0v) is 18.7. The Kier molecular flexibility index (Phi) is 7.71. The summed E-state index contributed by atoms with van der Waals surface area (Å²) in [6.07, 6.45) is 4.31. The van der Waals surface area contributed by atoms with Crippen molar-refractivity contribution >= 4 is 17.7 Å². The number of benzene rings is 2. The van der Waals surface area contributed by atoms with Crippen molar-refractivity contribution in [2.45, 2.75) is 25.3 Å². The Morgan fingerprint density at radius 3 is 2.44 bits per heavy atom. The third-order valence-electron chi connectivity index (χ3n) is 5.00. The van der Waals surface area contributed by atoms with Gasteiger partial charge in [-0.2, -0.15) is 16.9 Å². The molecule has 4 rings (SSSR count). The number of nitrogens with zero attached hydrogens (tertiary/aromatic N) is 3. The highest BCUT2D eigenvalue weighted by molar-refractivity contribution is 7.98. The van der Waals surface area contributed by atoms with Gasteiger partial charge in [0.15, 0.2) is 0 Å². The van der Waals surface area contributed by atoms with E-state index >= 15 is 0 Å². The number of pyridine rings is 1. The average Bonchev–Trinajstić information content (AvgIpc) is 3.25. The van der Waals surface area contributed by atoms with Gasteiger partial charge in [-0.25, -0.2) is 0 Å². The van der Waals surface area contributed by atoms with E-state index in [4.69, 9.17) is 5.10 Å². The SMILES string of the molecule is O=C(CCSCc1ccccn1)NCc1cn(Cc2ccccc2)nc1-c1ccccc1. The first-order chi connectivity index (χ1) is 15.8. The Morgan fingerprint density at radius 1 is 0.938 bits per heavy atom. The van der Waals surface area contributed by atoms with Gasteiger partial charge in [0.1, 0.15) is 0 Å². The maximum atomic E-state index is 12.4. The largest absolute Gasteiger partial charge is 0.352 e. The van der Waals surface area contributed by atoms with E-state index in [0.29, 0.717) is 19.5 Å². The molecule has 0 saturated heterocycles. The van der Waals surface area contributed by atoms with Crippen molar-refractivity contribution in [2.75, 3.05) is 5.75 Å². The van der Waals surface area contributed by atoms with E-state index in [1.54, 1.807) is 18.0 Å². The molecule has 0 fully saturated rings. The van der Waals surface area contributed by atoms with Crippen LogP contribution in [0.4, 0.5) is 0 Å². The summed E-state index contributed by atoms with van der Waals surface area (Å²) in [7, 11) is 0. The van der Waals surface area contributed by atoms with Crippen LogP contribution in [0.15, 0.2) is 91.3 Å². The summed E-state index contributed by atoms with van der Waals surface area (Å²) in [6.45, 7) is 1.15. The second kappa shape index (κ2) is 11.3. The fourth-order valence-corrected chi connectivity index (χ4v) is 4.24. The molecule has 0 aliphatic rings. The molecule has 4 aromatic rings. The smallest absolute Gasteiger partial charge is 0.221 e. The van der Waals surface area contributed by atoms with Crippen molar-refractivity contribution in [1.82, 2.24) is 20.1 Å². The summed E-state index contributed by atoms with van der Waals surface area (Å²) in [5.74, 6) is 1.63. The summed E-state index contributed by atoms with van der Waals surface area (Å²) in [5, 5.41) is 7.88. The quantitative estimate of drug-likeness (QED) is 0.354. The van der Waals surface area contributed by atoms with Crippen LogP contribution >= 0.6 is 11.8 Å². The number of carbonyl (C=O) groups excluding carboxylic acids is 1. The monoisotopic (exact) mass is 442 g/mol. The predicted octanol–water partition coefficient (Wildman–Crippen LogP) is 4.93. The molecule has 6 heteroatoms. The molecule has 0 radical (unpaired) electrons. The van der Waals surface area contributed by atoms with E-state index in [1.165, 1.54) is 5.56 Å². The summed E-state index contributed by atoms with van der Waals surface area (Å²) in [6, 6.07) is 26.3. The van der Waals surface area contributed by atoms with Gasteiger partial charge in [-0.1, -0.05) is 66.7 Å². The Labute approximate surface area is 192 Å². The summed E-state index contributed by atoms with van der Waals surface area (Å²) < 4.78 is 1.95. The maximum absolute atomic E-state index is 12.4. The van der Waals surface area contributed by atoms with Crippen LogP contribution in [0.2, 0.25) is 0 Å². The van der Waals surface area contributed by atoms with Crippen molar-refractivity contribution < 1.29 is 4.79 Å². The fourth-order valence-electron chi connectivity index (χ4n) is 3.39. The van der Waals surface area contributed by atoms with E-state index in [9.17, 15) is 4.79 Å². The molecule has 1 N–H and O–H groups in total. The molecule has 0 unspecified atom stereocenters. The minimum Gasteiger partial charge on any atom is -0.352 e. The molecule has 2 heterocycles. The number of thioether (sulfide) groups is 1. The van der Waals surface area contributed by atoms with Crippen molar-refractivity contribution in [3.05, 3.63) is 108 Å². The highest BCUT2D eigenvalue weighted by atomic mass is 32.2. The molecular weight excluding hydrogens is 416 g/mol. The number of rotatable bonds is 10.